The average molecular weight is 1590 g/mol. The number of nitrogens with zero attached hydrogens (tertiary/aromatic N) is 5. The Hall–Kier alpha value is -11.3. The lowest BCUT2D eigenvalue weighted by atomic mass is 9.89. The molecule has 3 aromatic heterocycles. The number of ether oxygens (including phenoxy) is 7. The molecule has 8 N–H and O–H groups in total. The van der Waals surface area contributed by atoms with Crippen LogP contribution in [0.4, 0.5) is 38.9 Å². The average Bonchev–Trinajstić information content (AvgIpc) is 0.775. The summed E-state index contributed by atoms with van der Waals surface area (Å²) < 4.78 is 41.3. The number of carbonyl (C=O) groups is 1. The Morgan fingerprint density at radius 3 is 1.24 bits per heavy atom. The predicted molar refractivity (Wildman–Crippen MR) is 466 cm³/mol. The highest BCUT2D eigenvalue weighted by Crippen LogP contribution is 2.48. The molecule has 3 saturated heterocycles. The second-order valence-corrected chi connectivity index (χ2v) is 33.0. The van der Waals surface area contributed by atoms with Gasteiger partial charge in [-0.1, -0.05) is 66.7 Å². The van der Waals surface area contributed by atoms with E-state index in [4.69, 9.17) is 38.9 Å². The number of pyridine rings is 3. The first kappa shape index (κ1) is 79.1. The molecule has 19 rings (SSSR count). The lowest BCUT2D eigenvalue weighted by Gasteiger charge is -2.38. The first-order chi connectivity index (χ1) is 57.6. The number of benzene rings is 7. The normalized spacial score (nSPS) is 20.4. The van der Waals surface area contributed by atoms with Crippen LogP contribution in [-0.4, -0.2) is 162 Å². The number of anilines is 6. The fourth-order valence-electron chi connectivity index (χ4n) is 18.2. The third-order valence-electron chi connectivity index (χ3n) is 24.8. The molecule has 6 fully saturated rings. The van der Waals surface area contributed by atoms with E-state index in [0.29, 0.717) is 69.9 Å². The van der Waals surface area contributed by atoms with E-state index in [1.54, 1.807) is 18.2 Å². The summed E-state index contributed by atoms with van der Waals surface area (Å²) in [6.07, 6.45) is 15.0. The number of nitrogens with one attached hydrogen (secondary N) is 6. The molecule has 6 aliphatic heterocycles. The molecule has 0 spiro atoms. The van der Waals surface area contributed by atoms with Crippen molar-refractivity contribution >= 4 is 40.2 Å². The summed E-state index contributed by atoms with van der Waals surface area (Å²) in [7, 11) is 6.62. The summed E-state index contributed by atoms with van der Waals surface area (Å²) >= 11 is 0. The van der Waals surface area contributed by atoms with E-state index >= 15 is 0 Å². The fraction of sp³-hybridized carbons (Fsp3) is 0.389. The summed E-state index contributed by atoms with van der Waals surface area (Å²) in [5, 5.41) is 10.4. The van der Waals surface area contributed by atoms with Gasteiger partial charge in [-0.15, -0.1) is 0 Å². The molecule has 0 radical (unpaired) electrons. The molecule has 614 valence electrons. The molecular formula is C95H108N12O11. The molecule has 3 aliphatic carbocycles. The van der Waals surface area contributed by atoms with Gasteiger partial charge in [-0.05, 0) is 204 Å². The van der Waals surface area contributed by atoms with Gasteiger partial charge in [0, 0.05) is 188 Å². The van der Waals surface area contributed by atoms with Crippen molar-refractivity contribution in [3.63, 3.8) is 0 Å². The van der Waals surface area contributed by atoms with E-state index < -0.39 is 0 Å². The van der Waals surface area contributed by atoms with E-state index in [0.717, 1.165) is 234 Å². The van der Waals surface area contributed by atoms with Gasteiger partial charge in [0.05, 0.1) is 56.7 Å². The van der Waals surface area contributed by atoms with Crippen LogP contribution in [0.2, 0.25) is 0 Å². The summed E-state index contributed by atoms with van der Waals surface area (Å²) in [6.45, 7) is 8.95. The molecule has 23 nitrogen and oxygen atoms in total. The van der Waals surface area contributed by atoms with Crippen LogP contribution >= 0.6 is 0 Å². The van der Waals surface area contributed by atoms with Gasteiger partial charge in [-0.2, -0.15) is 0 Å². The second-order valence-electron chi connectivity index (χ2n) is 33.0. The van der Waals surface area contributed by atoms with Gasteiger partial charge in [-0.3, -0.25) is 14.4 Å². The minimum atomic E-state index is -0.357. The van der Waals surface area contributed by atoms with E-state index in [1.165, 1.54) is 42.5 Å². The number of hydrogen-bond acceptors (Lipinski definition) is 19. The van der Waals surface area contributed by atoms with E-state index in [-0.39, 0.29) is 35.4 Å². The molecule has 1 amide bonds. The first-order valence-corrected chi connectivity index (χ1v) is 42.3. The molecule has 9 heterocycles. The van der Waals surface area contributed by atoms with Crippen molar-refractivity contribution < 1.29 is 38.0 Å². The number of rotatable bonds is 16. The van der Waals surface area contributed by atoms with Crippen molar-refractivity contribution in [1.29, 1.82) is 0 Å². The number of aromatic nitrogens is 3. The molecule has 118 heavy (non-hydrogen) atoms. The molecular weight excluding hydrogens is 1490 g/mol. The van der Waals surface area contributed by atoms with Crippen molar-refractivity contribution in [3.05, 3.63) is 246 Å². The van der Waals surface area contributed by atoms with Crippen molar-refractivity contribution in [2.24, 2.45) is 5.73 Å². The Kier molecular flexibility index (Phi) is 24.3. The van der Waals surface area contributed by atoms with Gasteiger partial charge in [0.25, 0.3) is 0 Å². The van der Waals surface area contributed by atoms with Crippen molar-refractivity contribution in [2.45, 2.75) is 139 Å². The molecule has 0 bridgehead atoms. The second kappa shape index (κ2) is 36.3. The van der Waals surface area contributed by atoms with Gasteiger partial charge in [0.2, 0.25) is 16.7 Å². The molecule has 23 heteroatoms. The summed E-state index contributed by atoms with van der Waals surface area (Å²) in [5.74, 6) is 5.02. The minimum Gasteiger partial charge on any atom is -0.456 e. The number of morpholine rings is 3. The van der Waals surface area contributed by atoms with Gasteiger partial charge in [0.15, 0.2) is 0 Å². The Labute approximate surface area is 689 Å². The Morgan fingerprint density at radius 2 is 0.814 bits per heavy atom. The quantitative estimate of drug-likeness (QED) is 0.0474. The van der Waals surface area contributed by atoms with Gasteiger partial charge >= 0.3 is 6.09 Å². The number of amides is 1. The maximum atomic E-state index is 12.6. The number of fused-ring (bicyclic) bond motifs is 6. The zero-order valence-electron chi connectivity index (χ0n) is 67.8. The first-order valence-electron chi connectivity index (χ1n) is 42.3. The molecule has 10 aromatic rings. The van der Waals surface area contributed by atoms with Crippen LogP contribution in [0.3, 0.4) is 0 Å². The van der Waals surface area contributed by atoms with Crippen LogP contribution in [0.5, 0.6) is 34.5 Å². The van der Waals surface area contributed by atoms with Crippen LogP contribution in [0.15, 0.2) is 190 Å². The summed E-state index contributed by atoms with van der Waals surface area (Å²) in [6, 6.07) is 61.1. The molecule has 0 unspecified atom stereocenters. The number of nitrogens with two attached hydrogens (primary N) is 1. The van der Waals surface area contributed by atoms with Crippen LogP contribution in [-0.2, 0) is 44.8 Å². The monoisotopic (exact) mass is 1590 g/mol. The van der Waals surface area contributed by atoms with Crippen LogP contribution in [0.1, 0.15) is 116 Å². The van der Waals surface area contributed by atoms with Crippen LogP contribution in [0.25, 0.3) is 33.8 Å². The van der Waals surface area contributed by atoms with Crippen molar-refractivity contribution in [3.8, 4) is 68.3 Å². The highest BCUT2D eigenvalue weighted by atomic mass is 16.5. The summed E-state index contributed by atoms with van der Waals surface area (Å²) in [5.41, 5.74) is 24.7. The lowest BCUT2D eigenvalue weighted by molar-refractivity contribution is 0.122. The minimum absolute atomic E-state index is 0.106. The van der Waals surface area contributed by atoms with E-state index in [1.807, 2.05) is 78.9 Å². The summed E-state index contributed by atoms with van der Waals surface area (Å²) in [4.78, 5) is 70.6. The Balaban J connectivity index is 0.000000128. The predicted octanol–water partition coefficient (Wildman–Crippen LogP) is 15.4. The molecule has 0 atom stereocenters. The van der Waals surface area contributed by atoms with Gasteiger partial charge in [0.1, 0.15) is 41.1 Å². The maximum absolute atomic E-state index is 12.6. The molecule has 3 saturated carbocycles. The number of hydrogen-bond donors (Lipinski definition) is 7. The number of aromatic amines is 3. The van der Waals surface area contributed by atoms with Crippen LogP contribution < -0.4 is 72.2 Å². The standard InChI is InChI=1S/C36H38N4O5.C31H38N4O3.C28H32N4O3/c41-34-22-30(40-15-17-43-18-16-40)21-32(39-34)31-8-4-7-25-19-26-20-29(13-14-33(26)45-35(25)31)37-27-9-11-28(12-10-27)38-36(42)44-23-24-5-2-1-3-6-24;1-33(2)23-7-9-24(10-8-23)34(3)25-11-12-29-22(18-25)17-21-5-4-6-27(31(21)38-29)28-19-26(20-30(36)32-28)35-13-15-37-16-14-35;29-20-4-6-21(7-5-20)30-22-8-9-26-19(15-22)14-18-2-1-3-24(28(18)35-26)25-16-23(17-27(33)31-25)32-10-12-34-13-11-32/h1-8,13-14,20-22,27-28,37H,9-12,15-19,23H2,(H,38,42)(H,39,41);4-6,11-12,18-20,23-24H,7-10,13-17H2,1-3H3,(H,32,36);1-3,8-9,15-17,20-21,30H,4-7,10-14,29H2,(H,31,33). The number of carbonyl (C=O) groups excluding carboxylic acids is 1. The number of H-pyrrole nitrogens is 3. The van der Waals surface area contributed by atoms with Gasteiger partial charge < -0.3 is 94.3 Å². The SMILES string of the molecule is CN(C)C1CCC(N(C)c2ccc3c(c2)Cc2cccc(-c4cc(N5CCOCC5)cc(=O)[nH]4)c2O3)CC1.NC1CCC(Nc2ccc3c(c2)Cc2cccc(-c4cc(N5CCOCC5)cc(=O)[nH]4)c2O3)CC1.O=C(NC1CCC(Nc2ccc3c(c2)Cc2cccc(-c4cc(N5CCOCC5)cc(=O)[nH]4)c2O3)CC1)OCc1ccccc1. The largest absolute Gasteiger partial charge is 0.456 e. The number of alkyl carbamates (subject to hydrolysis) is 1. The van der Waals surface area contributed by atoms with Crippen LogP contribution in [0, 0.1) is 0 Å². The highest BCUT2D eigenvalue weighted by Gasteiger charge is 2.32. The van der Waals surface area contributed by atoms with E-state index in [9.17, 15) is 19.2 Å². The Bertz CT molecular complexity index is 5380. The maximum Gasteiger partial charge on any atom is 0.407 e. The zero-order valence-corrected chi connectivity index (χ0v) is 67.8. The smallest absolute Gasteiger partial charge is 0.407 e. The van der Waals surface area contributed by atoms with Gasteiger partial charge in [-0.25, -0.2) is 4.79 Å². The molecule has 9 aliphatic rings. The van der Waals surface area contributed by atoms with Crippen molar-refractivity contribution in [1.82, 2.24) is 25.2 Å². The zero-order chi connectivity index (χ0) is 80.6. The Morgan fingerprint density at radius 1 is 0.424 bits per heavy atom. The third-order valence-corrected chi connectivity index (χ3v) is 24.8. The fourth-order valence-corrected chi connectivity index (χ4v) is 18.2. The molecule has 7 aromatic carbocycles. The third kappa shape index (κ3) is 18.8. The topological polar surface area (TPSA) is 259 Å². The highest BCUT2D eigenvalue weighted by molar-refractivity contribution is 5.78. The number of para-hydroxylation sites is 3. The lowest BCUT2D eigenvalue weighted by Crippen LogP contribution is -2.40. The van der Waals surface area contributed by atoms with Crippen molar-refractivity contribution in [2.75, 3.05) is 130 Å². The van der Waals surface area contributed by atoms with E-state index in [2.05, 4.69) is 155 Å².